The average molecular weight is 292 g/mol. The zero-order valence-electron chi connectivity index (χ0n) is 12.8. The summed E-state index contributed by atoms with van der Waals surface area (Å²) in [6.07, 6.45) is 4.93. The fourth-order valence-corrected chi connectivity index (χ4v) is 3.24. The van der Waals surface area contributed by atoms with Crippen molar-refractivity contribution < 1.29 is 9.13 Å². The summed E-state index contributed by atoms with van der Waals surface area (Å²) in [4.78, 5) is 2.14. The van der Waals surface area contributed by atoms with E-state index in [2.05, 4.69) is 17.1 Å². The van der Waals surface area contributed by atoms with Crippen LogP contribution in [0.3, 0.4) is 0 Å². The fraction of sp³-hybridized carbons (Fsp3) is 0.647. The molecule has 2 heterocycles. The van der Waals surface area contributed by atoms with Crippen molar-refractivity contribution >= 4 is 5.69 Å². The maximum absolute atomic E-state index is 14.3. The largest absolute Gasteiger partial charge is 0.377 e. The van der Waals surface area contributed by atoms with Crippen LogP contribution in [0.4, 0.5) is 10.1 Å². The molecule has 0 bridgehead atoms. The van der Waals surface area contributed by atoms with Crippen LogP contribution in [0.1, 0.15) is 44.2 Å². The molecule has 0 radical (unpaired) electrons. The minimum absolute atomic E-state index is 0.0971. The zero-order chi connectivity index (χ0) is 14.7. The Balaban J connectivity index is 1.60. The summed E-state index contributed by atoms with van der Waals surface area (Å²) < 4.78 is 19.9. The molecule has 3 rings (SSSR count). The van der Waals surface area contributed by atoms with E-state index in [1.54, 1.807) is 6.07 Å². The predicted molar refractivity (Wildman–Crippen MR) is 83.2 cm³/mol. The number of rotatable bonds is 5. The standard InChI is InChI=1S/C17H25FN2O/c1-13(19-12-15-5-4-10-21-15)14-6-7-17(16(18)11-14)20-8-2-3-9-20/h6-7,11,13,15,19H,2-5,8-10,12H2,1H3/t13-,15+/m0/s1. The number of halogens is 1. The summed E-state index contributed by atoms with van der Waals surface area (Å²) in [5.74, 6) is -0.0971. The molecule has 0 aromatic heterocycles. The lowest BCUT2D eigenvalue weighted by molar-refractivity contribution is 0.108. The SMILES string of the molecule is C[C@H](NC[C@H]1CCCO1)c1ccc(N2CCCC2)c(F)c1. The minimum atomic E-state index is -0.0971. The molecular formula is C17H25FN2O. The molecule has 116 valence electrons. The molecule has 2 atom stereocenters. The van der Waals surface area contributed by atoms with Crippen LogP contribution in [0.5, 0.6) is 0 Å². The summed E-state index contributed by atoms with van der Waals surface area (Å²) >= 11 is 0. The lowest BCUT2D eigenvalue weighted by Crippen LogP contribution is -2.28. The molecule has 1 aromatic carbocycles. The molecule has 2 aliphatic rings. The number of nitrogens with one attached hydrogen (secondary N) is 1. The average Bonchev–Trinajstić information content (AvgIpc) is 3.17. The van der Waals surface area contributed by atoms with Gasteiger partial charge in [-0.3, -0.25) is 0 Å². The molecule has 21 heavy (non-hydrogen) atoms. The Kier molecular flexibility index (Phi) is 4.76. The maximum Gasteiger partial charge on any atom is 0.146 e. The molecular weight excluding hydrogens is 267 g/mol. The van der Waals surface area contributed by atoms with E-state index in [9.17, 15) is 4.39 Å². The van der Waals surface area contributed by atoms with Crippen LogP contribution in [0, 0.1) is 5.82 Å². The van der Waals surface area contributed by atoms with E-state index >= 15 is 0 Å². The quantitative estimate of drug-likeness (QED) is 0.901. The molecule has 0 saturated carbocycles. The van der Waals surface area contributed by atoms with Gasteiger partial charge in [0.1, 0.15) is 5.82 Å². The van der Waals surface area contributed by atoms with Gasteiger partial charge >= 0.3 is 0 Å². The first kappa shape index (κ1) is 14.8. The van der Waals surface area contributed by atoms with Crippen LogP contribution in [0.2, 0.25) is 0 Å². The summed E-state index contributed by atoms with van der Waals surface area (Å²) in [5, 5.41) is 3.45. The van der Waals surface area contributed by atoms with Gasteiger partial charge in [0, 0.05) is 32.3 Å². The Morgan fingerprint density at radius 3 is 2.81 bits per heavy atom. The second kappa shape index (κ2) is 6.75. The monoisotopic (exact) mass is 292 g/mol. The van der Waals surface area contributed by atoms with Crippen LogP contribution in [-0.2, 0) is 4.74 Å². The Hall–Kier alpha value is -1.13. The van der Waals surface area contributed by atoms with E-state index in [1.165, 1.54) is 12.8 Å². The van der Waals surface area contributed by atoms with Gasteiger partial charge in [0.15, 0.2) is 0 Å². The van der Waals surface area contributed by atoms with E-state index in [-0.39, 0.29) is 11.9 Å². The number of ether oxygens (including phenoxy) is 1. The lowest BCUT2D eigenvalue weighted by Gasteiger charge is -2.21. The minimum Gasteiger partial charge on any atom is -0.377 e. The molecule has 1 N–H and O–H groups in total. The van der Waals surface area contributed by atoms with Crippen molar-refractivity contribution in [3.63, 3.8) is 0 Å². The first-order valence-electron chi connectivity index (χ1n) is 8.13. The smallest absolute Gasteiger partial charge is 0.146 e. The van der Waals surface area contributed by atoms with Crippen molar-refractivity contribution in [2.24, 2.45) is 0 Å². The third-order valence-corrected chi connectivity index (χ3v) is 4.59. The highest BCUT2D eigenvalue weighted by Crippen LogP contribution is 2.26. The van der Waals surface area contributed by atoms with Crippen LogP contribution in [0.25, 0.3) is 0 Å². The van der Waals surface area contributed by atoms with E-state index in [1.807, 2.05) is 12.1 Å². The normalized spacial score (nSPS) is 23.7. The van der Waals surface area contributed by atoms with Gasteiger partial charge in [0.2, 0.25) is 0 Å². The summed E-state index contributed by atoms with van der Waals surface area (Å²) in [6, 6.07) is 5.81. The van der Waals surface area contributed by atoms with E-state index in [4.69, 9.17) is 4.74 Å². The number of hydrogen-bond acceptors (Lipinski definition) is 3. The van der Waals surface area contributed by atoms with Crippen molar-refractivity contribution in [3.8, 4) is 0 Å². The number of anilines is 1. The van der Waals surface area contributed by atoms with Crippen LogP contribution in [-0.4, -0.2) is 32.3 Å². The Morgan fingerprint density at radius 2 is 2.14 bits per heavy atom. The Bertz CT molecular complexity index is 468. The van der Waals surface area contributed by atoms with Gasteiger partial charge in [0.25, 0.3) is 0 Å². The van der Waals surface area contributed by atoms with E-state index in [0.29, 0.717) is 6.10 Å². The van der Waals surface area contributed by atoms with Gasteiger partial charge in [-0.15, -0.1) is 0 Å². The molecule has 2 fully saturated rings. The van der Waals surface area contributed by atoms with Gasteiger partial charge in [-0.2, -0.15) is 0 Å². The molecule has 0 amide bonds. The van der Waals surface area contributed by atoms with Gasteiger partial charge in [0.05, 0.1) is 11.8 Å². The second-order valence-corrected chi connectivity index (χ2v) is 6.17. The molecule has 0 spiro atoms. The zero-order valence-corrected chi connectivity index (χ0v) is 12.8. The van der Waals surface area contributed by atoms with Crippen molar-refractivity contribution in [2.45, 2.75) is 44.8 Å². The van der Waals surface area contributed by atoms with Gasteiger partial charge in [-0.05, 0) is 50.3 Å². The highest BCUT2D eigenvalue weighted by molar-refractivity contribution is 5.50. The van der Waals surface area contributed by atoms with E-state index in [0.717, 1.165) is 50.3 Å². The molecule has 4 heteroatoms. The fourth-order valence-electron chi connectivity index (χ4n) is 3.24. The van der Waals surface area contributed by atoms with Crippen molar-refractivity contribution in [2.75, 3.05) is 31.1 Å². The topological polar surface area (TPSA) is 24.5 Å². The third-order valence-electron chi connectivity index (χ3n) is 4.59. The summed E-state index contributed by atoms with van der Waals surface area (Å²) in [7, 11) is 0. The predicted octanol–water partition coefficient (Wildman–Crippen LogP) is 3.26. The molecule has 3 nitrogen and oxygen atoms in total. The van der Waals surface area contributed by atoms with Crippen molar-refractivity contribution in [1.82, 2.24) is 5.32 Å². The maximum atomic E-state index is 14.3. The second-order valence-electron chi connectivity index (χ2n) is 6.17. The summed E-state index contributed by atoms with van der Waals surface area (Å²) in [6.45, 7) is 5.75. The summed E-state index contributed by atoms with van der Waals surface area (Å²) in [5.41, 5.74) is 1.76. The number of hydrogen-bond donors (Lipinski definition) is 1. The van der Waals surface area contributed by atoms with Crippen LogP contribution < -0.4 is 10.2 Å². The van der Waals surface area contributed by atoms with Crippen LogP contribution >= 0.6 is 0 Å². The Labute approximate surface area is 126 Å². The molecule has 2 aliphatic heterocycles. The molecule has 2 saturated heterocycles. The van der Waals surface area contributed by atoms with Gasteiger partial charge < -0.3 is 15.0 Å². The first-order valence-corrected chi connectivity index (χ1v) is 8.13. The van der Waals surface area contributed by atoms with Crippen LogP contribution in [0.15, 0.2) is 18.2 Å². The van der Waals surface area contributed by atoms with Crippen molar-refractivity contribution in [3.05, 3.63) is 29.6 Å². The number of nitrogens with zero attached hydrogens (tertiary/aromatic N) is 1. The third kappa shape index (κ3) is 3.55. The highest BCUT2D eigenvalue weighted by Gasteiger charge is 2.19. The number of benzene rings is 1. The first-order chi connectivity index (χ1) is 10.2. The van der Waals surface area contributed by atoms with Gasteiger partial charge in [-0.25, -0.2) is 4.39 Å². The lowest BCUT2D eigenvalue weighted by atomic mass is 10.1. The molecule has 1 aromatic rings. The van der Waals surface area contributed by atoms with Crippen molar-refractivity contribution in [1.29, 1.82) is 0 Å². The Morgan fingerprint density at radius 1 is 1.33 bits per heavy atom. The highest BCUT2D eigenvalue weighted by atomic mass is 19.1. The molecule has 0 unspecified atom stereocenters. The molecule has 0 aliphatic carbocycles. The van der Waals surface area contributed by atoms with E-state index < -0.39 is 0 Å². The van der Waals surface area contributed by atoms with Gasteiger partial charge in [-0.1, -0.05) is 6.07 Å².